The Morgan fingerprint density at radius 1 is 0.947 bits per heavy atom. The van der Waals surface area contributed by atoms with Gasteiger partial charge < -0.3 is 15.3 Å². The highest BCUT2D eigenvalue weighted by Gasteiger charge is 2.46. The average molecular weight is 552 g/mol. The van der Waals surface area contributed by atoms with Gasteiger partial charge in [-0.05, 0) is 68.0 Å². The number of hydrogen-bond acceptors (Lipinski definition) is 3. The van der Waals surface area contributed by atoms with Gasteiger partial charge >= 0.3 is 0 Å². The predicted molar refractivity (Wildman–Crippen MR) is 155 cm³/mol. The van der Waals surface area contributed by atoms with Gasteiger partial charge in [0.2, 0.25) is 0 Å². The number of benzene rings is 3. The number of carbonyl (C=O) groups excluding carboxylic acids is 1. The minimum atomic E-state index is -0.560. The lowest BCUT2D eigenvalue weighted by atomic mass is 9.76. The van der Waals surface area contributed by atoms with E-state index < -0.39 is 6.10 Å². The van der Waals surface area contributed by atoms with Crippen LogP contribution < -0.4 is 5.32 Å². The van der Waals surface area contributed by atoms with Crippen molar-refractivity contribution in [3.63, 3.8) is 0 Å². The van der Waals surface area contributed by atoms with Crippen molar-refractivity contribution in [2.24, 2.45) is 0 Å². The van der Waals surface area contributed by atoms with Gasteiger partial charge in [0.15, 0.2) is 0 Å². The second-order valence-corrected chi connectivity index (χ2v) is 12.2. The lowest BCUT2D eigenvalue weighted by molar-refractivity contribution is -0.00645. The summed E-state index contributed by atoms with van der Waals surface area (Å²) in [4.78, 5) is 16.1. The van der Waals surface area contributed by atoms with Gasteiger partial charge in [0.05, 0.1) is 18.2 Å². The number of nitrogens with one attached hydrogen (secondary N) is 1. The van der Waals surface area contributed by atoms with E-state index in [1.54, 1.807) is 6.07 Å². The maximum Gasteiger partial charge on any atom is 0.255 e. The van der Waals surface area contributed by atoms with E-state index in [-0.39, 0.29) is 29.4 Å². The van der Waals surface area contributed by atoms with E-state index in [4.69, 9.17) is 23.2 Å². The molecule has 0 bridgehead atoms. The first-order valence-corrected chi connectivity index (χ1v) is 14.3. The van der Waals surface area contributed by atoms with Crippen molar-refractivity contribution in [3.05, 3.63) is 105 Å². The van der Waals surface area contributed by atoms with Crippen molar-refractivity contribution in [2.75, 3.05) is 6.54 Å². The number of aliphatic hydroxyl groups excluding tert-OH is 1. The molecule has 1 fully saturated rings. The molecule has 0 radical (unpaired) electrons. The number of hydrogen-bond donors (Lipinski definition) is 2. The molecular weight excluding hydrogens is 515 g/mol. The van der Waals surface area contributed by atoms with Crippen molar-refractivity contribution in [2.45, 2.75) is 75.6 Å². The summed E-state index contributed by atoms with van der Waals surface area (Å²) in [6.45, 7) is 5.08. The molecule has 0 saturated heterocycles. The van der Waals surface area contributed by atoms with E-state index in [0.717, 1.165) is 36.8 Å². The van der Waals surface area contributed by atoms with Gasteiger partial charge in [0.1, 0.15) is 0 Å². The topological polar surface area (TPSA) is 52.6 Å². The lowest BCUT2D eigenvalue weighted by Gasteiger charge is -2.49. The van der Waals surface area contributed by atoms with Crippen LogP contribution in [0.15, 0.2) is 72.8 Å². The maximum atomic E-state index is 14.1. The van der Waals surface area contributed by atoms with Crippen LogP contribution in [0.1, 0.15) is 78.5 Å². The van der Waals surface area contributed by atoms with Crippen LogP contribution in [0.25, 0.3) is 0 Å². The quantitative estimate of drug-likeness (QED) is 0.327. The summed E-state index contributed by atoms with van der Waals surface area (Å²) in [5.74, 6) is -0.103. The van der Waals surface area contributed by atoms with E-state index in [9.17, 15) is 9.90 Å². The molecule has 5 rings (SSSR count). The lowest BCUT2D eigenvalue weighted by Crippen LogP contribution is -2.55. The molecule has 38 heavy (non-hydrogen) atoms. The van der Waals surface area contributed by atoms with Crippen molar-refractivity contribution in [1.82, 2.24) is 10.2 Å². The molecule has 1 aliphatic heterocycles. The molecule has 3 aromatic carbocycles. The maximum absolute atomic E-state index is 14.1. The first-order chi connectivity index (χ1) is 18.2. The Kier molecular flexibility index (Phi) is 8.16. The van der Waals surface area contributed by atoms with Gasteiger partial charge in [-0.3, -0.25) is 4.79 Å². The monoisotopic (exact) mass is 550 g/mol. The van der Waals surface area contributed by atoms with Gasteiger partial charge in [0.25, 0.3) is 5.91 Å². The third-order valence-corrected chi connectivity index (χ3v) is 8.69. The first kappa shape index (κ1) is 27.2. The number of halogens is 2. The highest BCUT2D eigenvalue weighted by Crippen LogP contribution is 2.47. The number of nitrogens with zero attached hydrogens (tertiary/aromatic N) is 1. The second-order valence-electron chi connectivity index (χ2n) is 11.4. The number of aliphatic hydroxyl groups is 1. The summed E-state index contributed by atoms with van der Waals surface area (Å²) in [7, 11) is 0. The Balaban J connectivity index is 1.57. The fraction of sp³-hybridized carbons (Fsp3) is 0.406. The van der Waals surface area contributed by atoms with Gasteiger partial charge in [-0.1, -0.05) is 90.6 Å². The van der Waals surface area contributed by atoms with Crippen LogP contribution in [0.4, 0.5) is 0 Å². The van der Waals surface area contributed by atoms with Crippen molar-refractivity contribution < 1.29 is 9.90 Å². The van der Waals surface area contributed by atoms with Crippen LogP contribution in [0.3, 0.4) is 0 Å². The molecule has 6 heteroatoms. The fourth-order valence-electron chi connectivity index (χ4n) is 6.30. The van der Waals surface area contributed by atoms with E-state index in [1.807, 2.05) is 41.3 Å². The Bertz CT molecular complexity index is 1280. The van der Waals surface area contributed by atoms with E-state index in [2.05, 4.69) is 49.5 Å². The number of carbonyl (C=O) groups is 1. The molecule has 0 aromatic heterocycles. The summed E-state index contributed by atoms with van der Waals surface area (Å²) < 4.78 is 0. The Labute approximate surface area is 236 Å². The molecule has 2 aliphatic rings. The van der Waals surface area contributed by atoms with E-state index in [1.165, 1.54) is 5.56 Å². The Morgan fingerprint density at radius 2 is 1.66 bits per heavy atom. The molecule has 1 saturated carbocycles. The van der Waals surface area contributed by atoms with Gasteiger partial charge in [-0.15, -0.1) is 0 Å². The van der Waals surface area contributed by atoms with E-state index in [0.29, 0.717) is 28.6 Å². The first-order valence-electron chi connectivity index (χ1n) is 13.6. The highest BCUT2D eigenvalue weighted by molar-refractivity contribution is 6.35. The van der Waals surface area contributed by atoms with Gasteiger partial charge in [-0.2, -0.15) is 0 Å². The van der Waals surface area contributed by atoms with Gasteiger partial charge in [0, 0.05) is 33.6 Å². The molecule has 2 N–H and O–H groups in total. The molecular formula is C32H36Cl2N2O2. The summed E-state index contributed by atoms with van der Waals surface area (Å²) in [5, 5.41) is 16.0. The van der Waals surface area contributed by atoms with Crippen LogP contribution in [0.5, 0.6) is 0 Å². The van der Waals surface area contributed by atoms with Crippen LogP contribution in [0.2, 0.25) is 10.0 Å². The summed E-state index contributed by atoms with van der Waals surface area (Å²) in [5.41, 5.74) is 3.68. The van der Waals surface area contributed by atoms with Crippen LogP contribution in [-0.4, -0.2) is 40.1 Å². The molecule has 1 aliphatic carbocycles. The molecule has 0 spiro atoms. The van der Waals surface area contributed by atoms with Crippen molar-refractivity contribution >= 4 is 29.1 Å². The highest BCUT2D eigenvalue weighted by atomic mass is 35.5. The third kappa shape index (κ3) is 5.65. The minimum Gasteiger partial charge on any atom is -0.391 e. The molecule has 1 amide bonds. The number of amides is 1. The Hall–Kier alpha value is -2.37. The largest absolute Gasteiger partial charge is 0.391 e. The van der Waals surface area contributed by atoms with Crippen molar-refractivity contribution in [3.8, 4) is 0 Å². The van der Waals surface area contributed by atoms with Crippen LogP contribution in [-0.2, 0) is 6.42 Å². The molecule has 0 unspecified atom stereocenters. The zero-order valence-electron chi connectivity index (χ0n) is 22.0. The summed E-state index contributed by atoms with van der Waals surface area (Å²) in [6, 6.07) is 23.3. The zero-order valence-corrected chi connectivity index (χ0v) is 23.6. The molecule has 1 heterocycles. The number of rotatable bonds is 7. The molecule has 4 atom stereocenters. The zero-order chi connectivity index (χ0) is 26.9. The Morgan fingerprint density at radius 3 is 2.39 bits per heavy atom. The normalized spacial score (nSPS) is 23.8. The molecule has 4 nitrogen and oxygen atoms in total. The van der Waals surface area contributed by atoms with Crippen LogP contribution in [0, 0.1) is 0 Å². The third-order valence-electron chi connectivity index (χ3n) is 8.13. The number of fused-ring (bicyclic) bond motifs is 1. The average Bonchev–Trinajstić information content (AvgIpc) is 2.89. The van der Waals surface area contributed by atoms with E-state index >= 15 is 0 Å². The van der Waals surface area contributed by atoms with Crippen molar-refractivity contribution in [1.29, 1.82) is 0 Å². The molecule has 3 aromatic rings. The summed E-state index contributed by atoms with van der Waals surface area (Å²) >= 11 is 13.1. The predicted octanol–water partition coefficient (Wildman–Crippen LogP) is 7.19. The summed E-state index contributed by atoms with van der Waals surface area (Å²) in [6.07, 6.45) is 3.75. The minimum absolute atomic E-state index is 0.0395. The fourth-order valence-corrected chi connectivity index (χ4v) is 6.82. The SMILES string of the molecule is CC(C)(Cc1ccccc1)NC[C@@H]1c2ccccc2C(=O)N([C@H]2CCCC[C@@H]2O)[C@H]1c1ccc(Cl)cc1Cl. The standard InChI is InChI=1S/C32H36Cl2N2O2/c1-32(2,19-21-10-4-3-5-11-21)35-20-26-23-12-6-7-13-24(23)31(38)36(28-14-8-9-15-29(28)37)30(26)25-17-16-22(33)18-27(25)34/h3-7,10-13,16-18,26,28-30,35,37H,8-9,14-15,19-20H2,1-2H3/t26-,28+,29+,30+/m1/s1. The van der Waals surface area contributed by atoms with Crippen LogP contribution >= 0.6 is 23.2 Å². The smallest absolute Gasteiger partial charge is 0.255 e. The van der Waals surface area contributed by atoms with Gasteiger partial charge in [-0.25, -0.2) is 0 Å². The molecule has 200 valence electrons. The second kappa shape index (κ2) is 11.4.